The van der Waals surface area contributed by atoms with Gasteiger partial charge in [-0.2, -0.15) is 5.10 Å². The number of likely N-dealkylation sites (tertiary alicyclic amines) is 1. The Morgan fingerprint density at radius 1 is 1.00 bits per heavy atom. The first-order valence-electron chi connectivity index (χ1n) is 11.7. The van der Waals surface area contributed by atoms with Crippen molar-refractivity contribution in [1.82, 2.24) is 29.8 Å². The highest BCUT2D eigenvalue weighted by Gasteiger charge is 2.52. The van der Waals surface area contributed by atoms with Crippen LogP contribution in [-0.2, 0) is 11.3 Å². The van der Waals surface area contributed by atoms with Crippen LogP contribution in [0, 0.1) is 0 Å². The van der Waals surface area contributed by atoms with Gasteiger partial charge in [0.05, 0.1) is 18.1 Å². The summed E-state index contributed by atoms with van der Waals surface area (Å²) in [7, 11) is 3.97. The standard InChI is InChI=1S/C26H30N6O2/c1-29-15-13-26(14-16-29)24(33)31(25(34)27-26)19-30(2)17-21-18-32(22-11-7-4-8-12-22)28-23(21)20-9-5-3-6-10-20/h3-12,18H,13-17,19H2,1-2H3,(H,27,34). The largest absolute Gasteiger partial charge is 0.326 e. The van der Waals surface area contributed by atoms with E-state index < -0.39 is 5.54 Å². The summed E-state index contributed by atoms with van der Waals surface area (Å²) in [6, 6.07) is 19.8. The topological polar surface area (TPSA) is 73.7 Å². The number of para-hydroxylation sites is 1. The van der Waals surface area contributed by atoms with Crippen LogP contribution in [0.1, 0.15) is 18.4 Å². The van der Waals surface area contributed by atoms with Gasteiger partial charge < -0.3 is 10.2 Å². The molecular weight excluding hydrogens is 428 g/mol. The Labute approximate surface area is 199 Å². The Hall–Kier alpha value is -3.49. The molecule has 5 rings (SSSR count). The van der Waals surface area contributed by atoms with E-state index in [4.69, 9.17) is 5.10 Å². The maximum atomic E-state index is 13.2. The molecule has 0 radical (unpaired) electrons. The minimum absolute atomic E-state index is 0.110. The van der Waals surface area contributed by atoms with Crippen LogP contribution >= 0.6 is 0 Å². The molecule has 3 heterocycles. The summed E-state index contributed by atoms with van der Waals surface area (Å²) in [5, 5.41) is 7.86. The van der Waals surface area contributed by atoms with Crippen LogP contribution in [0.5, 0.6) is 0 Å². The van der Waals surface area contributed by atoms with Crippen molar-refractivity contribution in [3.63, 3.8) is 0 Å². The highest BCUT2D eigenvalue weighted by Crippen LogP contribution is 2.30. The summed E-state index contributed by atoms with van der Waals surface area (Å²) in [6.45, 7) is 2.38. The lowest BCUT2D eigenvalue weighted by molar-refractivity contribution is -0.134. The minimum atomic E-state index is -0.752. The average molecular weight is 459 g/mol. The van der Waals surface area contributed by atoms with Gasteiger partial charge in [-0.3, -0.25) is 9.69 Å². The fourth-order valence-electron chi connectivity index (χ4n) is 4.80. The van der Waals surface area contributed by atoms with Crippen molar-refractivity contribution < 1.29 is 9.59 Å². The molecule has 2 fully saturated rings. The van der Waals surface area contributed by atoms with Crippen LogP contribution in [0.15, 0.2) is 66.9 Å². The smallest absolute Gasteiger partial charge is 0.323 e. The maximum absolute atomic E-state index is 13.2. The Bertz CT molecular complexity index is 1170. The summed E-state index contributed by atoms with van der Waals surface area (Å²) in [4.78, 5) is 31.5. The zero-order valence-corrected chi connectivity index (χ0v) is 19.6. The van der Waals surface area contributed by atoms with Gasteiger partial charge in [-0.25, -0.2) is 14.4 Å². The van der Waals surface area contributed by atoms with Crippen molar-refractivity contribution in [2.75, 3.05) is 33.9 Å². The molecule has 2 aliphatic rings. The number of urea groups is 1. The van der Waals surface area contributed by atoms with Crippen LogP contribution < -0.4 is 5.32 Å². The molecule has 0 bridgehead atoms. The molecule has 8 nitrogen and oxygen atoms in total. The molecule has 1 aromatic heterocycles. The normalized spacial score (nSPS) is 18.1. The Morgan fingerprint density at radius 2 is 1.65 bits per heavy atom. The zero-order valence-electron chi connectivity index (χ0n) is 19.6. The van der Waals surface area contributed by atoms with Crippen molar-refractivity contribution in [2.24, 2.45) is 0 Å². The van der Waals surface area contributed by atoms with E-state index in [1.165, 1.54) is 4.90 Å². The van der Waals surface area contributed by atoms with Gasteiger partial charge in [0.2, 0.25) is 0 Å². The van der Waals surface area contributed by atoms with Crippen LogP contribution in [0.25, 0.3) is 16.9 Å². The molecule has 2 saturated heterocycles. The Kier molecular flexibility index (Phi) is 5.93. The summed E-state index contributed by atoms with van der Waals surface area (Å²) in [5.74, 6) is -0.110. The first kappa shape index (κ1) is 22.3. The fourth-order valence-corrected chi connectivity index (χ4v) is 4.80. The molecule has 1 spiro atoms. The molecule has 0 aliphatic carbocycles. The number of piperidine rings is 1. The van der Waals surface area contributed by atoms with Gasteiger partial charge in [0, 0.05) is 37.0 Å². The van der Waals surface area contributed by atoms with Gasteiger partial charge in [0.15, 0.2) is 0 Å². The number of nitrogens with one attached hydrogen (secondary N) is 1. The highest BCUT2D eigenvalue weighted by molar-refractivity contribution is 6.07. The second kappa shape index (κ2) is 9.04. The van der Waals surface area contributed by atoms with Gasteiger partial charge in [-0.15, -0.1) is 0 Å². The molecule has 0 atom stereocenters. The fraction of sp³-hybridized carbons (Fsp3) is 0.346. The maximum Gasteiger partial charge on any atom is 0.326 e. The van der Waals surface area contributed by atoms with E-state index in [1.54, 1.807) is 0 Å². The number of nitrogens with zero attached hydrogens (tertiary/aromatic N) is 5. The molecule has 0 unspecified atom stereocenters. The quantitative estimate of drug-likeness (QED) is 0.575. The number of benzene rings is 2. The van der Waals surface area contributed by atoms with Gasteiger partial charge in [0.25, 0.3) is 5.91 Å². The van der Waals surface area contributed by atoms with Crippen LogP contribution in [0.4, 0.5) is 4.79 Å². The van der Waals surface area contributed by atoms with Gasteiger partial charge >= 0.3 is 6.03 Å². The summed E-state index contributed by atoms with van der Waals surface area (Å²) in [6.07, 6.45) is 3.32. The number of rotatable bonds is 6. The summed E-state index contributed by atoms with van der Waals surface area (Å²) >= 11 is 0. The number of hydrogen-bond donors (Lipinski definition) is 1. The van der Waals surface area contributed by atoms with Crippen molar-refractivity contribution in [2.45, 2.75) is 24.9 Å². The number of carbonyl (C=O) groups excluding carboxylic acids is 2. The molecule has 2 aromatic carbocycles. The molecule has 2 aliphatic heterocycles. The second-order valence-electron chi connectivity index (χ2n) is 9.35. The van der Waals surface area contributed by atoms with E-state index in [1.807, 2.05) is 90.5 Å². The number of carbonyl (C=O) groups is 2. The molecular formula is C26H30N6O2. The van der Waals surface area contributed by atoms with Crippen molar-refractivity contribution >= 4 is 11.9 Å². The van der Waals surface area contributed by atoms with E-state index in [9.17, 15) is 9.59 Å². The first-order chi connectivity index (χ1) is 16.4. The van der Waals surface area contributed by atoms with Crippen molar-refractivity contribution in [3.8, 4) is 16.9 Å². The first-order valence-corrected chi connectivity index (χ1v) is 11.7. The number of hydrogen-bond acceptors (Lipinski definition) is 5. The third-order valence-corrected chi connectivity index (χ3v) is 6.77. The SMILES string of the molecule is CN1CCC2(CC1)NC(=O)N(CN(C)Cc1cn(-c3ccccc3)nc1-c1ccccc1)C2=O. The predicted molar refractivity (Wildman–Crippen MR) is 130 cm³/mol. The van der Waals surface area contributed by atoms with Crippen molar-refractivity contribution in [1.29, 1.82) is 0 Å². The predicted octanol–water partition coefficient (Wildman–Crippen LogP) is 2.94. The lowest BCUT2D eigenvalue weighted by Gasteiger charge is -2.35. The Morgan fingerprint density at radius 3 is 2.32 bits per heavy atom. The van der Waals surface area contributed by atoms with Crippen LogP contribution in [0.2, 0.25) is 0 Å². The third kappa shape index (κ3) is 4.22. The number of amides is 3. The second-order valence-corrected chi connectivity index (χ2v) is 9.35. The number of imide groups is 1. The van der Waals surface area contributed by atoms with Gasteiger partial charge in [-0.1, -0.05) is 48.5 Å². The molecule has 0 saturated carbocycles. The molecule has 34 heavy (non-hydrogen) atoms. The van der Waals surface area contributed by atoms with E-state index >= 15 is 0 Å². The zero-order chi connectivity index (χ0) is 23.7. The molecule has 1 N–H and O–H groups in total. The Balaban J connectivity index is 1.36. The summed E-state index contributed by atoms with van der Waals surface area (Å²) in [5.41, 5.74) is 3.17. The van der Waals surface area contributed by atoms with Gasteiger partial charge in [0.1, 0.15) is 5.54 Å². The van der Waals surface area contributed by atoms with Gasteiger partial charge in [-0.05, 0) is 39.1 Å². The van der Waals surface area contributed by atoms with E-state index in [-0.39, 0.29) is 18.6 Å². The lowest BCUT2D eigenvalue weighted by Crippen LogP contribution is -2.54. The molecule has 8 heteroatoms. The molecule has 3 amide bonds. The van der Waals surface area contributed by atoms with E-state index in [2.05, 4.69) is 10.2 Å². The minimum Gasteiger partial charge on any atom is -0.323 e. The molecule has 3 aromatic rings. The molecule has 176 valence electrons. The van der Waals surface area contributed by atoms with Crippen LogP contribution in [-0.4, -0.2) is 75.8 Å². The highest BCUT2D eigenvalue weighted by atomic mass is 16.2. The van der Waals surface area contributed by atoms with E-state index in [0.717, 1.165) is 35.6 Å². The van der Waals surface area contributed by atoms with E-state index in [0.29, 0.717) is 19.4 Å². The number of aromatic nitrogens is 2. The monoisotopic (exact) mass is 458 g/mol. The van der Waals surface area contributed by atoms with Crippen molar-refractivity contribution in [3.05, 3.63) is 72.4 Å². The third-order valence-electron chi connectivity index (χ3n) is 6.77. The summed E-state index contributed by atoms with van der Waals surface area (Å²) < 4.78 is 1.88. The lowest BCUT2D eigenvalue weighted by atomic mass is 9.88. The average Bonchev–Trinajstić information content (AvgIpc) is 3.37. The van der Waals surface area contributed by atoms with Crippen LogP contribution in [0.3, 0.4) is 0 Å².